The van der Waals surface area contributed by atoms with Crippen molar-refractivity contribution in [1.29, 1.82) is 0 Å². The molecule has 1 saturated heterocycles. The van der Waals surface area contributed by atoms with Crippen LogP contribution in [-0.4, -0.2) is 29.2 Å². The van der Waals surface area contributed by atoms with Crippen molar-refractivity contribution in [3.8, 4) is 0 Å². The smallest absolute Gasteiger partial charge is 0.402 e. The molecule has 4 rings (SSSR count). The summed E-state index contributed by atoms with van der Waals surface area (Å²) in [5.41, 5.74) is 1.43. The highest BCUT2D eigenvalue weighted by Crippen LogP contribution is 2.46. The Labute approximate surface area is 148 Å². The summed E-state index contributed by atoms with van der Waals surface area (Å²) >= 11 is 0. The third kappa shape index (κ3) is 2.40. The third-order valence-electron chi connectivity index (χ3n) is 5.46. The van der Waals surface area contributed by atoms with Crippen molar-refractivity contribution in [1.82, 2.24) is 4.98 Å². The van der Waals surface area contributed by atoms with Crippen molar-refractivity contribution in [3.63, 3.8) is 0 Å². The van der Waals surface area contributed by atoms with Gasteiger partial charge in [-0.3, -0.25) is 9.78 Å². The van der Waals surface area contributed by atoms with Crippen molar-refractivity contribution in [2.45, 2.75) is 44.8 Å². The Kier molecular flexibility index (Phi) is 3.53. The Morgan fingerprint density at radius 2 is 1.72 bits per heavy atom. The standard InChI is InChI=1S/C19H21BN2O3/c1-18(2)19(3,4)25-20(24-18)16-14-9-5-6-10-15(14)17(23)22(16)13-8-7-11-21-12-13/h5-12,16H,1-4H3. The van der Waals surface area contributed by atoms with Crippen LogP contribution < -0.4 is 4.90 Å². The lowest BCUT2D eigenvalue weighted by Gasteiger charge is -2.32. The van der Waals surface area contributed by atoms with Crippen LogP contribution in [0.5, 0.6) is 0 Å². The van der Waals surface area contributed by atoms with E-state index in [1.54, 1.807) is 17.3 Å². The van der Waals surface area contributed by atoms with Gasteiger partial charge in [-0.1, -0.05) is 18.2 Å². The molecule has 0 saturated carbocycles. The predicted octanol–water partition coefficient (Wildman–Crippen LogP) is 3.41. The van der Waals surface area contributed by atoms with E-state index in [9.17, 15) is 4.79 Å². The van der Waals surface area contributed by atoms with Crippen LogP contribution in [0.1, 0.15) is 49.6 Å². The number of rotatable bonds is 2. The molecule has 5 nitrogen and oxygen atoms in total. The van der Waals surface area contributed by atoms with Gasteiger partial charge in [0.15, 0.2) is 0 Å². The van der Waals surface area contributed by atoms with Crippen LogP contribution in [0.4, 0.5) is 5.69 Å². The molecule has 1 aromatic carbocycles. The largest absolute Gasteiger partial charge is 0.487 e. The van der Waals surface area contributed by atoms with E-state index in [-0.39, 0.29) is 11.8 Å². The van der Waals surface area contributed by atoms with Crippen LogP contribution in [0.3, 0.4) is 0 Å². The highest BCUT2D eigenvalue weighted by atomic mass is 16.7. The van der Waals surface area contributed by atoms with Gasteiger partial charge >= 0.3 is 7.12 Å². The highest BCUT2D eigenvalue weighted by molar-refractivity contribution is 6.50. The quantitative estimate of drug-likeness (QED) is 0.789. The van der Waals surface area contributed by atoms with Gasteiger partial charge < -0.3 is 14.2 Å². The Morgan fingerprint density at radius 3 is 2.36 bits per heavy atom. The fraction of sp³-hybridized carbons (Fsp3) is 0.368. The lowest BCUT2D eigenvalue weighted by Crippen LogP contribution is -2.41. The fourth-order valence-corrected chi connectivity index (χ4v) is 3.40. The zero-order valence-electron chi connectivity index (χ0n) is 14.9. The summed E-state index contributed by atoms with van der Waals surface area (Å²) in [5.74, 6) is -0.391. The molecule has 1 atom stereocenters. The zero-order valence-corrected chi connectivity index (χ0v) is 14.9. The second-order valence-electron chi connectivity index (χ2n) is 7.54. The van der Waals surface area contributed by atoms with Crippen LogP contribution in [0.15, 0.2) is 48.8 Å². The Balaban J connectivity index is 1.82. The third-order valence-corrected chi connectivity index (χ3v) is 5.46. The molecule has 1 fully saturated rings. The molecule has 0 spiro atoms. The number of aromatic nitrogens is 1. The minimum Gasteiger partial charge on any atom is -0.402 e. The minimum atomic E-state index is -0.544. The molecule has 128 valence electrons. The number of benzene rings is 1. The summed E-state index contributed by atoms with van der Waals surface area (Å²) in [6.45, 7) is 8.07. The molecule has 2 aliphatic heterocycles. The fourth-order valence-electron chi connectivity index (χ4n) is 3.40. The molecule has 1 unspecified atom stereocenters. The van der Waals surface area contributed by atoms with Crippen molar-refractivity contribution in [2.75, 3.05) is 4.90 Å². The van der Waals surface area contributed by atoms with E-state index < -0.39 is 18.3 Å². The summed E-state index contributed by atoms with van der Waals surface area (Å²) in [6.07, 6.45) is 3.39. The van der Waals surface area contributed by atoms with E-state index in [0.717, 1.165) is 11.3 Å². The van der Waals surface area contributed by atoms with Gasteiger partial charge in [-0.25, -0.2) is 0 Å². The SMILES string of the molecule is CC1(C)OB(C2c3ccccc3C(=O)N2c2cccnc2)OC1(C)C. The number of hydrogen-bond donors (Lipinski definition) is 0. The lowest BCUT2D eigenvalue weighted by atomic mass is 9.74. The van der Waals surface area contributed by atoms with E-state index in [1.165, 1.54) is 0 Å². The highest BCUT2D eigenvalue weighted by Gasteiger charge is 2.58. The summed E-state index contributed by atoms with van der Waals surface area (Å²) < 4.78 is 12.5. The van der Waals surface area contributed by atoms with Crippen LogP contribution in [-0.2, 0) is 9.31 Å². The topological polar surface area (TPSA) is 51.7 Å². The van der Waals surface area contributed by atoms with Crippen LogP contribution in [0.25, 0.3) is 0 Å². The van der Waals surface area contributed by atoms with E-state index in [4.69, 9.17) is 9.31 Å². The molecule has 0 aliphatic carbocycles. The maximum atomic E-state index is 13.1. The number of nitrogens with zero attached hydrogens (tertiary/aromatic N) is 2. The predicted molar refractivity (Wildman–Crippen MR) is 96.3 cm³/mol. The van der Waals surface area contributed by atoms with Crippen LogP contribution in [0.2, 0.25) is 0 Å². The lowest BCUT2D eigenvalue weighted by molar-refractivity contribution is 0.00578. The van der Waals surface area contributed by atoms with E-state index in [1.807, 2.05) is 64.1 Å². The van der Waals surface area contributed by atoms with Gasteiger partial charge in [-0.15, -0.1) is 0 Å². The molecule has 1 amide bonds. The number of carbonyl (C=O) groups is 1. The van der Waals surface area contributed by atoms with Gasteiger partial charge in [-0.05, 0) is 51.5 Å². The first-order chi connectivity index (χ1) is 11.8. The molecule has 6 heteroatoms. The first-order valence-corrected chi connectivity index (χ1v) is 8.50. The number of hydrogen-bond acceptors (Lipinski definition) is 4. The second kappa shape index (κ2) is 5.41. The molecule has 2 aliphatic rings. The molecule has 1 aromatic heterocycles. The molecular formula is C19H21BN2O3. The van der Waals surface area contributed by atoms with Crippen molar-refractivity contribution >= 4 is 18.7 Å². The maximum Gasteiger partial charge on any atom is 0.487 e. The van der Waals surface area contributed by atoms with E-state index in [2.05, 4.69) is 4.98 Å². The van der Waals surface area contributed by atoms with E-state index in [0.29, 0.717) is 5.56 Å². The molecule has 2 aromatic rings. The Hall–Kier alpha value is -2.18. The van der Waals surface area contributed by atoms with Crippen molar-refractivity contribution in [3.05, 3.63) is 59.9 Å². The summed E-state index contributed by atoms with van der Waals surface area (Å²) in [4.78, 5) is 19.0. The average Bonchev–Trinajstić information content (AvgIpc) is 2.99. The summed E-state index contributed by atoms with van der Waals surface area (Å²) in [5, 5.41) is 0. The van der Waals surface area contributed by atoms with Crippen molar-refractivity contribution in [2.24, 2.45) is 0 Å². The first-order valence-electron chi connectivity index (χ1n) is 8.50. The van der Waals surface area contributed by atoms with Gasteiger partial charge in [0.25, 0.3) is 5.91 Å². The van der Waals surface area contributed by atoms with E-state index >= 15 is 0 Å². The molecular weight excluding hydrogens is 315 g/mol. The van der Waals surface area contributed by atoms with Gasteiger partial charge in [0.2, 0.25) is 0 Å². The number of fused-ring (bicyclic) bond motifs is 1. The normalized spacial score (nSPS) is 23.8. The minimum absolute atomic E-state index is 0.0525. The molecule has 0 bridgehead atoms. The zero-order chi connectivity index (χ0) is 17.8. The van der Waals surface area contributed by atoms with Gasteiger partial charge in [0.05, 0.1) is 29.0 Å². The van der Waals surface area contributed by atoms with Gasteiger partial charge in [0, 0.05) is 11.8 Å². The molecule has 25 heavy (non-hydrogen) atoms. The molecule has 3 heterocycles. The second-order valence-corrected chi connectivity index (χ2v) is 7.54. The maximum absolute atomic E-state index is 13.1. The van der Waals surface area contributed by atoms with Gasteiger partial charge in [0.1, 0.15) is 0 Å². The average molecular weight is 336 g/mol. The van der Waals surface area contributed by atoms with Crippen molar-refractivity contribution < 1.29 is 14.1 Å². The number of carbonyl (C=O) groups excluding carboxylic acids is 1. The Morgan fingerprint density at radius 1 is 1.04 bits per heavy atom. The Bertz CT molecular complexity index is 806. The molecule has 0 radical (unpaired) electrons. The number of pyridine rings is 1. The van der Waals surface area contributed by atoms with Gasteiger partial charge in [-0.2, -0.15) is 0 Å². The monoisotopic (exact) mass is 336 g/mol. The first kappa shape index (κ1) is 16.3. The molecule has 0 N–H and O–H groups in total. The summed E-state index contributed by atoms with van der Waals surface area (Å²) in [6, 6.07) is 11.4. The summed E-state index contributed by atoms with van der Waals surface area (Å²) in [7, 11) is -0.544. The van der Waals surface area contributed by atoms with Crippen LogP contribution in [0, 0.1) is 0 Å². The van der Waals surface area contributed by atoms with Crippen LogP contribution >= 0.6 is 0 Å². The number of anilines is 1. The number of amides is 1.